The van der Waals surface area contributed by atoms with E-state index >= 15 is 0 Å². The van der Waals surface area contributed by atoms with Crippen LogP contribution in [0.3, 0.4) is 0 Å². The third-order valence-corrected chi connectivity index (χ3v) is 6.19. The van der Waals surface area contributed by atoms with Crippen LogP contribution in [0.15, 0.2) is 72.3 Å². The van der Waals surface area contributed by atoms with Gasteiger partial charge in [0.2, 0.25) is 5.91 Å². The minimum Gasteiger partial charge on any atom is -0.508 e. The number of nitrogens with one attached hydrogen (secondary N) is 1. The van der Waals surface area contributed by atoms with E-state index in [2.05, 4.69) is 12.2 Å². The second-order valence-electron chi connectivity index (χ2n) is 8.86. The summed E-state index contributed by atoms with van der Waals surface area (Å²) in [6, 6.07) is 19.3. The molecule has 4 rings (SSSR count). The number of amides is 1. The highest BCUT2D eigenvalue weighted by Crippen LogP contribution is 2.40. The molecule has 0 aromatic heterocycles. The van der Waals surface area contributed by atoms with Crippen LogP contribution in [0.2, 0.25) is 0 Å². The maximum atomic E-state index is 13.5. The van der Waals surface area contributed by atoms with Crippen LogP contribution in [0.1, 0.15) is 66.6 Å². The van der Waals surface area contributed by atoms with E-state index in [1.165, 1.54) is 12.1 Å². The highest BCUT2D eigenvalue weighted by Gasteiger charge is 2.33. The van der Waals surface area contributed by atoms with Gasteiger partial charge in [-0.05, 0) is 66.1 Å². The van der Waals surface area contributed by atoms with Crippen molar-refractivity contribution in [3.63, 3.8) is 0 Å². The first-order valence-corrected chi connectivity index (χ1v) is 12.3. The largest absolute Gasteiger partial charge is 0.508 e. The molecule has 0 bridgehead atoms. The van der Waals surface area contributed by atoms with Gasteiger partial charge in [-0.25, -0.2) is 0 Å². The molecule has 0 spiro atoms. The fourth-order valence-electron chi connectivity index (χ4n) is 4.21. The van der Waals surface area contributed by atoms with Gasteiger partial charge in [-0.2, -0.15) is 0 Å². The highest BCUT2D eigenvalue weighted by atomic mass is 16.5. The zero-order valence-electron chi connectivity index (χ0n) is 20.6. The lowest BCUT2D eigenvalue weighted by Gasteiger charge is -2.28. The number of carbonyl (C=O) groups excluding carboxylic acids is 2. The van der Waals surface area contributed by atoms with Gasteiger partial charge in [0.25, 0.3) is 0 Å². The molecule has 36 heavy (non-hydrogen) atoms. The Balaban J connectivity index is 1.58. The number of hydrogen-bond acceptors (Lipinski definition) is 5. The molecular weight excluding hydrogens is 454 g/mol. The van der Waals surface area contributed by atoms with Gasteiger partial charge >= 0.3 is 0 Å². The Hall–Kier alpha value is -4.06. The third-order valence-electron chi connectivity index (χ3n) is 6.19. The number of rotatable bonds is 9. The number of unbranched alkanes of at least 4 members (excludes halogenated alkanes) is 3. The Morgan fingerprint density at radius 1 is 1.03 bits per heavy atom. The Morgan fingerprint density at radius 3 is 2.47 bits per heavy atom. The first kappa shape index (κ1) is 25.0. The molecule has 0 aliphatic carbocycles. The van der Waals surface area contributed by atoms with E-state index in [0.717, 1.165) is 36.8 Å². The van der Waals surface area contributed by atoms with Crippen LogP contribution in [0.4, 0.5) is 5.69 Å². The summed E-state index contributed by atoms with van der Waals surface area (Å²) in [4.78, 5) is 25.7. The zero-order chi connectivity index (χ0) is 25.5. The normalized spacial score (nSPS) is 15.8. The molecule has 0 fully saturated rings. The molecule has 1 heterocycles. The lowest BCUT2D eigenvalue weighted by molar-refractivity contribution is -0.116. The average Bonchev–Trinajstić information content (AvgIpc) is 2.89. The van der Waals surface area contributed by atoms with Crippen molar-refractivity contribution in [3.05, 3.63) is 89.0 Å². The predicted molar refractivity (Wildman–Crippen MR) is 141 cm³/mol. The minimum absolute atomic E-state index is 0.00253. The number of Topliss-reactive ketones (excluding diaryl/α,β-unsaturated/α-hetero) is 1. The lowest BCUT2D eigenvalue weighted by Crippen LogP contribution is -2.23. The standard InChI is InChI=1S/C30H31NO5/c1-3-4-5-6-7-28(33)31-22-12-8-20(9-13-22)18-26-29(34)25-19-23(32)14-17-27(25)36-30(26)21-10-15-24(35-2)16-11-21/h8-19,30,32H,3-7H2,1-2H3,(H,31,33). The number of carbonyl (C=O) groups is 2. The molecule has 0 saturated carbocycles. The van der Waals surface area contributed by atoms with Crippen LogP contribution in [0.5, 0.6) is 17.2 Å². The summed E-state index contributed by atoms with van der Waals surface area (Å²) < 4.78 is 11.5. The van der Waals surface area contributed by atoms with Crippen molar-refractivity contribution in [2.45, 2.75) is 45.1 Å². The summed E-state index contributed by atoms with van der Waals surface area (Å²) in [5.41, 5.74) is 3.08. The molecule has 1 atom stereocenters. The molecular formula is C30H31NO5. The molecule has 2 N–H and O–H groups in total. The van der Waals surface area contributed by atoms with Crippen LogP contribution >= 0.6 is 0 Å². The van der Waals surface area contributed by atoms with Crippen molar-refractivity contribution < 1.29 is 24.2 Å². The van der Waals surface area contributed by atoms with Gasteiger partial charge in [0, 0.05) is 17.7 Å². The van der Waals surface area contributed by atoms with E-state index in [-0.39, 0.29) is 17.4 Å². The molecule has 1 aliphatic heterocycles. The van der Waals surface area contributed by atoms with Gasteiger partial charge in [-0.15, -0.1) is 0 Å². The van der Waals surface area contributed by atoms with E-state index in [4.69, 9.17) is 9.47 Å². The van der Waals surface area contributed by atoms with Crippen molar-refractivity contribution in [1.82, 2.24) is 0 Å². The Labute approximate surface area is 211 Å². The molecule has 1 unspecified atom stereocenters. The fraction of sp³-hybridized carbons (Fsp3) is 0.267. The van der Waals surface area contributed by atoms with E-state index in [1.54, 1.807) is 19.3 Å². The van der Waals surface area contributed by atoms with E-state index in [1.807, 2.05) is 48.5 Å². The monoisotopic (exact) mass is 485 g/mol. The van der Waals surface area contributed by atoms with Gasteiger partial charge in [0.15, 0.2) is 11.9 Å². The van der Waals surface area contributed by atoms with Gasteiger partial charge in [-0.3, -0.25) is 9.59 Å². The van der Waals surface area contributed by atoms with Crippen molar-refractivity contribution in [3.8, 4) is 17.2 Å². The van der Waals surface area contributed by atoms with Crippen molar-refractivity contribution in [1.29, 1.82) is 0 Å². The Morgan fingerprint density at radius 2 is 1.78 bits per heavy atom. The minimum atomic E-state index is -0.622. The summed E-state index contributed by atoms with van der Waals surface area (Å²) >= 11 is 0. The number of hydrogen-bond donors (Lipinski definition) is 2. The van der Waals surface area contributed by atoms with Crippen molar-refractivity contribution in [2.24, 2.45) is 0 Å². The van der Waals surface area contributed by atoms with Gasteiger partial charge in [-0.1, -0.05) is 50.5 Å². The average molecular weight is 486 g/mol. The molecule has 186 valence electrons. The Bertz CT molecular complexity index is 1250. The smallest absolute Gasteiger partial charge is 0.224 e. The third kappa shape index (κ3) is 5.95. The van der Waals surface area contributed by atoms with Crippen molar-refractivity contribution in [2.75, 3.05) is 12.4 Å². The highest BCUT2D eigenvalue weighted by molar-refractivity contribution is 6.15. The van der Waals surface area contributed by atoms with Crippen LogP contribution in [0.25, 0.3) is 6.08 Å². The molecule has 3 aromatic carbocycles. The summed E-state index contributed by atoms with van der Waals surface area (Å²) in [5, 5.41) is 12.9. The fourth-order valence-corrected chi connectivity index (χ4v) is 4.21. The number of phenols is 1. The second kappa shape index (κ2) is 11.6. The van der Waals surface area contributed by atoms with Gasteiger partial charge in [0.1, 0.15) is 17.2 Å². The number of fused-ring (bicyclic) bond motifs is 1. The number of anilines is 1. The van der Waals surface area contributed by atoms with Crippen LogP contribution in [0, 0.1) is 0 Å². The molecule has 3 aromatic rings. The topological polar surface area (TPSA) is 84.9 Å². The number of ether oxygens (including phenoxy) is 2. The van der Waals surface area contributed by atoms with Crippen LogP contribution in [-0.2, 0) is 4.79 Å². The Kier molecular flexibility index (Phi) is 8.06. The molecule has 1 aliphatic rings. The van der Waals surface area contributed by atoms with Gasteiger partial charge in [0.05, 0.1) is 12.7 Å². The summed E-state index contributed by atoms with van der Waals surface area (Å²) in [7, 11) is 1.60. The SMILES string of the molecule is CCCCCCC(=O)Nc1ccc(C=C2C(=O)c3cc(O)ccc3OC2c2ccc(OC)cc2)cc1. The summed E-state index contributed by atoms with van der Waals surface area (Å²) in [6.45, 7) is 2.14. The lowest BCUT2D eigenvalue weighted by atomic mass is 9.89. The van der Waals surface area contributed by atoms with E-state index in [9.17, 15) is 14.7 Å². The number of phenolic OH excluding ortho intramolecular Hbond substituents is 1. The number of benzene rings is 3. The number of methoxy groups -OCH3 is 1. The first-order valence-electron chi connectivity index (χ1n) is 12.3. The quantitative estimate of drug-likeness (QED) is 0.260. The van der Waals surface area contributed by atoms with Crippen molar-refractivity contribution >= 4 is 23.5 Å². The molecule has 0 radical (unpaired) electrons. The van der Waals surface area contributed by atoms with Crippen LogP contribution < -0.4 is 14.8 Å². The zero-order valence-corrected chi connectivity index (χ0v) is 20.6. The van der Waals surface area contributed by atoms with Gasteiger partial charge < -0.3 is 19.9 Å². The summed E-state index contributed by atoms with van der Waals surface area (Å²) in [5.74, 6) is 0.928. The number of ketones is 1. The summed E-state index contributed by atoms with van der Waals surface area (Å²) in [6.07, 6.45) is 5.90. The maximum absolute atomic E-state index is 13.5. The molecule has 6 nitrogen and oxygen atoms in total. The molecule has 0 saturated heterocycles. The molecule has 1 amide bonds. The first-order chi connectivity index (χ1) is 17.5. The maximum Gasteiger partial charge on any atom is 0.224 e. The predicted octanol–water partition coefficient (Wildman–Crippen LogP) is 6.71. The molecule has 6 heteroatoms. The van der Waals surface area contributed by atoms with E-state index < -0.39 is 6.10 Å². The second-order valence-corrected chi connectivity index (χ2v) is 8.86. The number of aromatic hydroxyl groups is 1. The van der Waals surface area contributed by atoms with Crippen LogP contribution in [-0.4, -0.2) is 23.9 Å². The van der Waals surface area contributed by atoms with E-state index in [0.29, 0.717) is 34.7 Å².